The largest absolute Gasteiger partial charge is 0.404 e. The van der Waals surface area contributed by atoms with Crippen LogP contribution in [0.25, 0.3) is 0 Å². The lowest BCUT2D eigenvalue weighted by molar-refractivity contribution is -0.116. The van der Waals surface area contributed by atoms with Crippen LogP contribution in [0, 0.1) is 0 Å². The molecule has 4 N–H and O–H groups in total. The highest BCUT2D eigenvalue weighted by Gasteiger charge is 2.10. The van der Waals surface area contributed by atoms with E-state index in [9.17, 15) is 4.79 Å². The number of rotatable bonds is 5. The van der Waals surface area contributed by atoms with Crippen LogP contribution in [0.5, 0.6) is 0 Å². The molecule has 0 spiro atoms. The fraction of sp³-hybridized carbons (Fsp3) is 0.571. The third-order valence-electron chi connectivity index (χ3n) is 1.36. The summed E-state index contributed by atoms with van der Waals surface area (Å²) in [6.07, 6.45) is 2.61. The summed E-state index contributed by atoms with van der Waals surface area (Å²) in [6.45, 7) is 0.611. The zero-order chi connectivity index (χ0) is 8.69. The van der Waals surface area contributed by atoms with Gasteiger partial charge in [0.05, 0.1) is 6.04 Å². The molecule has 0 aliphatic heterocycles. The molecule has 0 bridgehead atoms. The molecule has 4 nitrogen and oxygen atoms in total. The summed E-state index contributed by atoms with van der Waals surface area (Å²) in [7, 11) is 3.54. The predicted molar refractivity (Wildman–Crippen MR) is 45.1 cm³/mol. The summed E-state index contributed by atoms with van der Waals surface area (Å²) in [5, 5.41) is 5.77. The first kappa shape index (κ1) is 10.1. The standard InChI is InChI=1S/C7H15N3O/c1-9-5-6(10-2)7(11)3-4-8/h3-4,6,9-10H,5,8H2,1-2H3. The Kier molecular flexibility index (Phi) is 5.42. The Balaban J connectivity index is 3.91. The van der Waals surface area contributed by atoms with E-state index in [1.165, 1.54) is 12.3 Å². The van der Waals surface area contributed by atoms with E-state index in [0.717, 1.165) is 0 Å². The van der Waals surface area contributed by atoms with Crippen molar-refractivity contribution in [3.8, 4) is 0 Å². The van der Waals surface area contributed by atoms with Gasteiger partial charge in [0, 0.05) is 6.54 Å². The lowest BCUT2D eigenvalue weighted by atomic mass is 10.2. The number of nitrogens with one attached hydrogen (secondary N) is 2. The van der Waals surface area contributed by atoms with Gasteiger partial charge in [0.2, 0.25) is 0 Å². The second kappa shape index (κ2) is 5.88. The van der Waals surface area contributed by atoms with E-state index in [1.54, 1.807) is 14.1 Å². The second-order valence-corrected chi connectivity index (χ2v) is 2.16. The SMILES string of the molecule is CNCC(NC)C(=O)C=CN. The van der Waals surface area contributed by atoms with Gasteiger partial charge in [-0.25, -0.2) is 0 Å². The molecule has 11 heavy (non-hydrogen) atoms. The molecule has 4 heteroatoms. The number of hydrogen-bond acceptors (Lipinski definition) is 4. The Hall–Kier alpha value is -0.870. The van der Waals surface area contributed by atoms with Gasteiger partial charge in [-0.2, -0.15) is 0 Å². The van der Waals surface area contributed by atoms with E-state index < -0.39 is 0 Å². The Morgan fingerprint density at radius 2 is 2.27 bits per heavy atom. The number of carbonyl (C=O) groups is 1. The fourth-order valence-electron chi connectivity index (χ4n) is 0.760. The molecule has 1 atom stereocenters. The highest BCUT2D eigenvalue weighted by Crippen LogP contribution is 1.84. The van der Waals surface area contributed by atoms with E-state index >= 15 is 0 Å². The van der Waals surface area contributed by atoms with Gasteiger partial charge in [-0.1, -0.05) is 0 Å². The van der Waals surface area contributed by atoms with Gasteiger partial charge in [0.15, 0.2) is 5.78 Å². The van der Waals surface area contributed by atoms with Crippen LogP contribution in [-0.2, 0) is 4.79 Å². The molecule has 0 radical (unpaired) electrons. The highest BCUT2D eigenvalue weighted by molar-refractivity contribution is 5.94. The van der Waals surface area contributed by atoms with Crippen molar-refractivity contribution in [2.24, 2.45) is 5.73 Å². The molecule has 0 rings (SSSR count). The minimum atomic E-state index is -0.181. The number of carbonyl (C=O) groups excluding carboxylic acids is 1. The van der Waals surface area contributed by atoms with E-state index in [0.29, 0.717) is 6.54 Å². The molecular weight excluding hydrogens is 142 g/mol. The Morgan fingerprint density at radius 1 is 1.64 bits per heavy atom. The zero-order valence-corrected chi connectivity index (χ0v) is 6.92. The molecule has 0 aromatic carbocycles. The van der Waals surface area contributed by atoms with Gasteiger partial charge >= 0.3 is 0 Å². The van der Waals surface area contributed by atoms with Crippen molar-refractivity contribution < 1.29 is 4.79 Å². The molecule has 1 unspecified atom stereocenters. The summed E-state index contributed by atoms with van der Waals surface area (Å²) < 4.78 is 0. The smallest absolute Gasteiger partial charge is 0.175 e. The van der Waals surface area contributed by atoms with Crippen LogP contribution in [0.4, 0.5) is 0 Å². The minimum Gasteiger partial charge on any atom is -0.404 e. The molecule has 0 saturated heterocycles. The van der Waals surface area contributed by atoms with Crippen molar-refractivity contribution in [1.29, 1.82) is 0 Å². The van der Waals surface area contributed by atoms with Gasteiger partial charge in [-0.05, 0) is 26.4 Å². The Bertz CT molecular complexity index is 145. The van der Waals surface area contributed by atoms with Gasteiger partial charge < -0.3 is 16.4 Å². The summed E-state index contributed by atoms with van der Waals surface area (Å²) >= 11 is 0. The summed E-state index contributed by atoms with van der Waals surface area (Å²) in [4.78, 5) is 11.1. The van der Waals surface area contributed by atoms with Gasteiger partial charge in [0.25, 0.3) is 0 Å². The van der Waals surface area contributed by atoms with Gasteiger partial charge in [-0.3, -0.25) is 4.79 Å². The summed E-state index contributed by atoms with van der Waals surface area (Å²) in [5.41, 5.74) is 5.07. The van der Waals surface area contributed by atoms with Crippen LogP contribution < -0.4 is 16.4 Å². The van der Waals surface area contributed by atoms with Crippen molar-refractivity contribution in [1.82, 2.24) is 10.6 Å². The topological polar surface area (TPSA) is 67.1 Å². The van der Waals surface area contributed by atoms with Crippen LogP contribution in [0.3, 0.4) is 0 Å². The number of ketones is 1. The molecule has 64 valence electrons. The molecule has 0 aromatic rings. The average Bonchev–Trinajstić information content (AvgIpc) is 2.00. The molecule has 0 fully saturated rings. The summed E-state index contributed by atoms with van der Waals surface area (Å²) in [6, 6.07) is -0.181. The molecule has 0 aliphatic carbocycles. The van der Waals surface area contributed by atoms with Crippen molar-refractivity contribution in [2.75, 3.05) is 20.6 Å². The Labute approximate surface area is 66.8 Å². The predicted octanol–water partition coefficient (Wildman–Crippen LogP) is -1.16. The third-order valence-corrected chi connectivity index (χ3v) is 1.36. The third kappa shape index (κ3) is 3.75. The first-order chi connectivity index (χ1) is 5.26. The van der Waals surface area contributed by atoms with E-state index in [1.807, 2.05) is 0 Å². The average molecular weight is 157 g/mol. The maximum Gasteiger partial charge on any atom is 0.175 e. The quantitative estimate of drug-likeness (QED) is 0.440. The maximum atomic E-state index is 11.1. The fourth-order valence-corrected chi connectivity index (χ4v) is 0.760. The number of likely N-dealkylation sites (N-methyl/N-ethyl adjacent to an activating group) is 2. The van der Waals surface area contributed by atoms with Crippen molar-refractivity contribution in [3.05, 3.63) is 12.3 Å². The Morgan fingerprint density at radius 3 is 2.64 bits per heavy atom. The normalized spacial score (nSPS) is 13.6. The lowest BCUT2D eigenvalue weighted by Crippen LogP contribution is -2.40. The van der Waals surface area contributed by atoms with Crippen LogP contribution in [0.15, 0.2) is 12.3 Å². The van der Waals surface area contributed by atoms with Crippen LogP contribution in [-0.4, -0.2) is 32.5 Å². The van der Waals surface area contributed by atoms with Gasteiger partial charge in [-0.15, -0.1) is 0 Å². The molecular formula is C7H15N3O. The molecule has 0 amide bonds. The lowest BCUT2D eigenvalue weighted by Gasteiger charge is -2.10. The number of nitrogens with two attached hydrogens (primary N) is 1. The molecule has 0 aliphatic rings. The second-order valence-electron chi connectivity index (χ2n) is 2.16. The first-order valence-corrected chi connectivity index (χ1v) is 3.50. The monoisotopic (exact) mass is 157 g/mol. The van der Waals surface area contributed by atoms with Crippen molar-refractivity contribution in [2.45, 2.75) is 6.04 Å². The summed E-state index contributed by atoms with van der Waals surface area (Å²) in [5.74, 6) is -0.00986. The van der Waals surface area contributed by atoms with Crippen LogP contribution >= 0.6 is 0 Å². The van der Waals surface area contributed by atoms with Gasteiger partial charge in [0.1, 0.15) is 0 Å². The van der Waals surface area contributed by atoms with E-state index in [2.05, 4.69) is 10.6 Å². The van der Waals surface area contributed by atoms with E-state index in [4.69, 9.17) is 5.73 Å². The minimum absolute atomic E-state index is 0.00986. The molecule has 0 aromatic heterocycles. The van der Waals surface area contributed by atoms with Crippen molar-refractivity contribution >= 4 is 5.78 Å². The zero-order valence-electron chi connectivity index (χ0n) is 6.92. The van der Waals surface area contributed by atoms with Crippen molar-refractivity contribution in [3.63, 3.8) is 0 Å². The molecule has 0 heterocycles. The highest BCUT2D eigenvalue weighted by atomic mass is 16.1. The van der Waals surface area contributed by atoms with Crippen LogP contribution in [0.2, 0.25) is 0 Å². The van der Waals surface area contributed by atoms with Crippen LogP contribution in [0.1, 0.15) is 0 Å². The molecule has 0 saturated carbocycles. The first-order valence-electron chi connectivity index (χ1n) is 3.50. The maximum absolute atomic E-state index is 11.1. The van der Waals surface area contributed by atoms with E-state index in [-0.39, 0.29) is 11.8 Å². The number of hydrogen-bond donors (Lipinski definition) is 3.